The topological polar surface area (TPSA) is 104 Å². The Balaban J connectivity index is 0.00000342. The molecule has 0 spiro atoms. The van der Waals surface area contributed by atoms with Crippen molar-refractivity contribution < 1.29 is 29.3 Å². The second-order valence-electron chi connectivity index (χ2n) is 11.5. The predicted molar refractivity (Wildman–Crippen MR) is 134 cm³/mol. The van der Waals surface area contributed by atoms with Gasteiger partial charge in [0.15, 0.2) is 12.4 Å². The second kappa shape index (κ2) is 10.2. The summed E-state index contributed by atoms with van der Waals surface area (Å²) in [4.78, 5) is 39.5. The van der Waals surface area contributed by atoms with Crippen LogP contribution in [0.5, 0.6) is 0 Å². The van der Waals surface area contributed by atoms with Crippen LogP contribution < -0.4 is 0 Å². The van der Waals surface area contributed by atoms with Crippen LogP contribution in [0.25, 0.3) is 0 Å². The summed E-state index contributed by atoms with van der Waals surface area (Å²) in [6.45, 7) is 9.17. The van der Waals surface area contributed by atoms with Crippen LogP contribution in [0.3, 0.4) is 0 Å². The lowest BCUT2D eigenvalue weighted by atomic mass is 9.45. The first-order chi connectivity index (χ1) is 16.0. The van der Waals surface area contributed by atoms with Crippen molar-refractivity contribution in [2.75, 3.05) is 26.2 Å². The van der Waals surface area contributed by atoms with Gasteiger partial charge >= 0.3 is 5.97 Å². The standard InChI is InChI=1S/C27H41NO6.ClH/c1-5-28(6-2)15-23(32)34-16-22(31)27(33)12-10-20-19-8-7-17-13-18(29)9-11-25(17,3)24(19)21(30)14-26(20,27)4;/h13,19-21,24,30,33H,5-12,14-16H2,1-4H3;1H/t19?,20?,21-,24?,25-,26-,27-;/m0./s1. The first-order valence-electron chi connectivity index (χ1n) is 13.1. The molecule has 35 heavy (non-hydrogen) atoms. The van der Waals surface area contributed by atoms with Crippen LogP contribution in [0, 0.1) is 28.6 Å². The molecule has 7 nitrogen and oxygen atoms in total. The lowest BCUT2D eigenvalue weighted by Gasteiger charge is -2.60. The van der Waals surface area contributed by atoms with Gasteiger partial charge in [-0.1, -0.05) is 33.3 Å². The molecule has 4 aliphatic rings. The molecule has 198 valence electrons. The Hall–Kier alpha value is -1.28. The van der Waals surface area contributed by atoms with Crippen molar-refractivity contribution in [1.82, 2.24) is 4.90 Å². The number of aliphatic hydroxyl groups is 2. The molecule has 0 radical (unpaired) electrons. The molecule has 0 amide bonds. The number of carbonyl (C=O) groups is 3. The van der Waals surface area contributed by atoms with Gasteiger partial charge in [-0.25, -0.2) is 0 Å². The molecule has 3 saturated carbocycles. The normalized spacial score (nSPS) is 40.2. The van der Waals surface area contributed by atoms with E-state index in [4.69, 9.17) is 4.74 Å². The molecule has 4 rings (SSSR count). The highest BCUT2D eigenvalue weighted by Gasteiger charge is 2.68. The van der Waals surface area contributed by atoms with Gasteiger partial charge in [-0.05, 0) is 80.9 Å². The number of likely N-dealkylation sites (N-methyl/N-ethyl adjacent to an activating group) is 1. The quantitative estimate of drug-likeness (QED) is 0.506. The maximum atomic E-state index is 13.3. The maximum absolute atomic E-state index is 13.3. The van der Waals surface area contributed by atoms with E-state index in [0.717, 1.165) is 24.8 Å². The van der Waals surface area contributed by atoms with Crippen molar-refractivity contribution in [3.63, 3.8) is 0 Å². The lowest BCUT2D eigenvalue weighted by Crippen LogP contribution is -2.62. The fraction of sp³-hybridized carbons (Fsp3) is 0.815. The van der Waals surface area contributed by atoms with Crippen molar-refractivity contribution in [2.24, 2.45) is 28.6 Å². The van der Waals surface area contributed by atoms with Gasteiger partial charge in [0.1, 0.15) is 5.60 Å². The number of esters is 1. The summed E-state index contributed by atoms with van der Waals surface area (Å²) < 4.78 is 5.28. The van der Waals surface area contributed by atoms with Crippen molar-refractivity contribution in [1.29, 1.82) is 0 Å². The van der Waals surface area contributed by atoms with Crippen LogP contribution in [-0.2, 0) is 19.1 Å². The zero-order valence-electron chi connectivity index (χ0n) is 21.5. The monoisotopic (exact) mass is 511 g/mol. The number of ketones is 2. The first-order valence-corrected chi connectivity index (χ1v) is 13.1. The van der Waals surface area contributed by atoms with Crippen LogP contribution in [-0.4, -0.2) is 70.6 Å². The highest BCUT2D eigenvalue weighted by molar-refractivity contribution is 5.92. The smallest absolute Gasteiger partial charge is 0.320 e. The van der Waals surface area contributed by atoms with Crippen molar-refractivity contribution >= 4 is 29.9 Å². The Morgan fingerprint density at radius 2 is 1.83 bits per heavy atom. The van der Waals surface area contributed by atoms with Gasteiger partial charge in [0.25, 0.3) is 0 Å². The zero-order chi connectivity index (χ0) is 24.9. The zero-order valence-corrected chi connectivity index (χ0v) is 22.4. The number of carbonyl (C=O) groups excluding carboxylic acids is 3. The van der Waals surface area contributed by atoms with Gasteiger partial charge in [0.2, 0.25) is 5.78 Å². The van der Waals surface area contributed by atoms with E-state index in [-0.39, 0.29) is 47.9 Å². The number of rotatable bonds is 7. The number of Topliss-reactive ketones (excluding diaryl/α,β-unsaturated/α-hetero) is 1. The molecule has 2 N–H and O–H groups in total. The number of halogens is 1. The molecule has 7 atom stereocenters. The van der Waals surface area contributed by atoms with Crippen LogP contribution in [0.1, 0.15) is 72.6 Å². The third-order valence-corrected chi connectivity index (χ3v) is 10.1. The number of ether oxygens (including phenoxy) is 1. The van der Waals surface area contributed by atoms with E-state index in [2.05, 4.69) is 6.92 Å². The molecule has 3 unspecified atom stereocenters. The Bertz CT molecular complexity index is 887. The lowest BCUT2D eigenvalue weighted by molar-refractivity contribution is -0.184. The summed E-state index contributed by atoms with van der Waals surface area (Å²) in [5.41, 5.74) is -1.42. The molecule has 0 aliphatic heterocycles. The largest absolute Gasteiger partial charge is 0.457 e. The number of allylic oxidation sites excluding steroid dienone is 1. The molecular formula is C27H42ClNO6. The third-order valence-electron chi connectivity index (χ3n) is 10.1. The molecule has 8 heteroatoms. The van der Waals surface area contributed by atoms with E-state index in [9.17, 15) is 24.6 Å². The Morgan fingerprint density at radius 1 is 1.14 bits per heavy atom. The van der Waals surface area contributed by atoms with E-state index in [1.807, 2.05) is 25.7 Å². The van der Waals surface area contributed by atoms with Crippen LogP contribution in [0.15, 0.2) is 11.6 Å². The number of hydrogen-bond donors (Lipinski definition) is 2. The molecule has 0 heterocycles. The van der Waals surface area contributed by atoms with Crippen LogP contribution >= 0.6 is 12.4 Å². The summed E-state index contributed by atoms with van der Waals surface area (Å²) >= 11 is 0. The Morgan fingerprint density at radius 3 is 2.49 bits per heavy atom. The SMILES string of the molecule is CCN(CC)CC(=O)OCC(=O)[C@@]1(O)CCC2C3CCC4=CC(=O)CC[C@]4(C)C3[C@@H](O)C[C@@]21C.Cl. The minimum atomic E-state index is -1.61. The molecular weight excluding hydrogens is 470 g/mol. The number of nitrogens with zero attached hydrogens (tertiary/aromatic N) is 1. The molecule has 0 aromatic heterocycles. The van der Waals surface area contributed by atoms with Crippen molar-refractivity contribution in [3.8, 4) is 0 Å². The highest BCUT2D eigenvalue weighted by Crippen LogP contribution is 2.67. The number of hydrogen-bond acceptors (Lipinski definition) is 7. The van der Waals surface area contributed by atoms with Crippen molar-refractivity contribution in [3.05, 3.63) is 11.6 Å². The molecule has 0 aromatic rings. The minimum absolute atomic E-state index is 0. The predicted octanol–water partition coefficient (Wildman–Crippen LogP) is 3.10. The van der Waals surface area contributed by atoms with Gasteiger partial charge < -0.3 is 14.9 Å². The average molecular weight is 512 g/mol. The number of fused-ring (bicyclic) bond motifs is 5. The molecule has 0 aromatic carbocycles. The molecule has 4 aliphatic carbocycles. The summed E-state index contributed by atoms with van der Waals surface area (Å²) in [5, 5.41) is 23.2. The van der Waals surface area contributed by atoms with Gasteiger partial charge in [-0.15, -0.1) is 12.4 Å². The van der Waals surface area contributed by atoms with Gasteiger partial charge in [0.05, 0.1) is 12.6 Å². The number of aliphatic hydroxyl groups excluding tert-OH is 1. The van der Waals surface area contributed by atoms with E-state index in [1.54, 1.807) is 6.08 Å². The summed E-state index contributed by atoms with van der Waals surface area (Å²) in [6, 6.07) is 0. The summed E-state index contributed by atoms with van der Waals surface area (Å²) in [5.74, 6) is -0.411. The molecule has 3 fully saturated rings. The van der Waals surface area contributed by atoms with Gasteiger partial charge in [0, 0.05) is 11.8 Å². The highest BCUT2D eigenvalue weighted by atomic mass is 35.5. The Labute approximate surface area is 215 Å². The van der Waals surface area contributed by atoms with Gasteiger partial charge in [-0.2, -0.15) is 0 Å². The van der Waals surface area contributed by atoms with Crippen LogP contribution in [0.4, 0.5) is 0 Å². The van der Waals surface area contributed by atoms with E-state index < -0.39 is 35.5 Å². The van der Waals surface area contributed by atoms with Crippen molar-refractivity contribution in [2.45, 2.75) is 84.3 Å². The fourth-order valence-corrected chi connectivity index (χ4v) is 8.09. The summed E-state index contributed by atoms with van der Waals surface area (Å²) in [7, 11) is 0. The minimum Gasteiger partial charge on any atom is -0.457 e. The first kappa shape index (κ1) is 28.3. The maximum Gasteiger partial charge on any atom is 0.320 e. The molecule has 0 saturated heterocycles. The van der Waals surface area contributed by atoms with E-state index in [0.29, 0.717) is 38.8 Å². The summed E-state index contributed by atoms with van der Waals surface area (Å²) in [6.07, 6.45) is 5.49. The second-order valence-corrected chi connectivity index (χ2v) is 11.5. The van der Waals surface area contributed by atoms with E-state index >= 15 is 0 Å². The third kappa shape index (κ3) is 4.51. The van der Waals surface area contributed by atoms with E-state index in [1.165, 1.54) is 0 Å². The fourth-order valence-electron chi connectivity index (χ4n) is 8.09. The average Bonchev–Trinajstić information content (AvgIpc) is 3.07. The Kier molecular flexibility index (Phi) is 8.27. The van der Waals surface area contributed by atoms with Gasteiger partial charge in [-0.3, -0.25) is 19.3 Å². The van der Waals surface area contributed by atoms with Crippen LogP contribution in [0.2, 0.25) is 0 Å². The molecule has 0 bridgehead atoms.